The van der Waals surface area contributed by atoms with E-state index in [1.165, 1.54) is 11.1 Å². The molecular weight excluding hydrogens is 384 g/mol. The molecule has 0 aromatic heterocycles. The van der Waals surface area contributed by atoms with Crippen molar-refractivity contribution in [2.75, 3.05) is 13.1 Å². The molecule has 4 nitrogen and oxygen atoms in total. The maximum absolute atomic E-state index is 11.2. The molecule has 0 aliphatic rings. The Balaban J connectivity index is 0.000000448. The number of nitrogens with two attached hydrogens (primary N) is 1. The lowest BCUT2D eigenvalue weighted by molar-refractivity contribution is -0.123. The number of carbonyl (C=O) groups is 2. The van der Waals surface area contributed by atoms with Gasteiger partial charge in [0.2, 0.25) is 11.1 Å². The van der Waals surface area contributed by atoms with Gasteiger partial charge in [0.15, 0.2) is 0 Å². The molecule has 0 radical (unpaired) electrons. The van der Waals surface area contributed by atoms with E-state index >= 15 is 0 Å². The van der Waals surface area contributed by atoms with Crippen molar-refractivity contribution in [3.63, 3.8) is 0 Å². The van der Waals surface area contributed by atoms with Crippen LogP contribution in [0.2, 0.25) is 0 Å². The highest BCUT2D eigenvalue weighted by atomic mass is 35.5. The van der Waals surface area contributed by atoms with Gasteiger partial charge < -0.3 is 11.1 Å². The first kappa shape index (κ1) is 26.8. The van der Waals surface area contributed by atoms with Gasteiger partial charge in [0.05, 0.1) is 0 Å². The topological polar surface area (TPSA) is 72.2 Å². The number of benzene rings is 2. The highest BCUT2D eigenvalue weighted by Gasteiger charge is 2.04. The normalized spacial score (nSPS) is 9.79. The average Bonchev–Trinajstić information content (AvgIpc) is 2.70. The molecular formula is C24H35ClN2O2. The molecule has 0 aliphatic carbocycles. The minimum atomic E-state index is -0.269. The van der Waals surface area contributed by atoms with Crippen LogP contribution >= 0.6 is 11.6 Å². The van der Waals surface area contributed by atoms with Crippen LogP contribution in [0.15, 0.2) is 60.7 Å². The van der Waals surface area contributed by atoms with Crippen LogP contribution in [-0.4, -0.2) is 24.2 Å². The van der Waals surface area contributed by atoms with Gasteiger partial charge in [-0.25, -0.2) is 0 Å². The van der Waals surface area contributed by atoms with Crippen molar-refractivity contribution in [1.82, 2.24) is 5.32 Å². The van der Waals surface area contributed by atoms with Crippen LogP contribution < -0.4 is 11.1 Å². The van der Waals surface area contributed by atoms with Crippen LogP contribution in [0.1, 0.15) is 38.8 Å². The SMILES string of the molecule is CC(C)C(=O)Cl.CC(C)C(=O)NCCc1ccccc1.NCCc1ccccc1. The Hall–Kier alpha value is -2.17. The number of rotatable bonds is 7. The van der Waals surface area contributed by atoms with Gasteiger partial charge in [0, 0.05) is 18.4 Å². The molecule has 2 aromatic rings. The molecule has 0 fully saturated rings. The molecule has 0 saturated heterocycles. The Morgan fingerprint density at radius 2 is 1.24 bits per heavy atom. The average molecular weight is 419 g/mol. The van der Waals surface area contributed by atoms with Crippen molar-refractivity contribution in [3.8, 4) is 0 Å². The van der Waals surface area contributed by atoms with E-state index in [1.807, 2.05) is 50.2 Å². The first-order chi connectivity index (χ1) is 13.8. The number of carbonyl (C=O) groups excluding carboxylic acids is 2. The quantitative estimate of drug-likeness (QED) is 0.645. The second-order valence-electron chi connectivity index (χ2n) is 7.16. The zero-order chi connectivity index (χ0) is 22.1. The van der Waals surface area contributed by atoms with Crippen molar-refractivity contribution in [3.05, 3.63) is 71.8 Å². The van der Waals surface area contributed by atoms with Crippen molar-refractivity contribution < 1.29 is 9.59 Å². The number of hydrogen-bond acceptors (Lipinski definition) is 3. The fourth-order valence-electron chi connectivity index (χ4n) is 1.99. The first-order valence-electron chi connectivity index (χ1n) is 10.0. The summed E-state index contributed by atoms with van der Waals surface area (Å²) in [5, 5.41) is 2.62. The summed E-state index contributed by atoms with van der Waals surface area (Å²) in [4.78, 5) is 21.1. The fraction of sp³-hybridized carbons (Fsp3) is 0.417. The molecule has 29 heavy (non-hydrogen) atoms. The van der Waals surface area contributed by atoms with Crippen LogP contribution in [0, 0.1) is 11.8 Å². The van der Waals surface area contributed by atoms with E-state index in [9.17, 15) is 9.59 Å². The summed E-state index contributed by atoms with van der Waals surface area (Å²) in [6.45, 7) is 8.78. The molecule has 0 aliphatic heterocycles. The maximum Gasteiger partial charge on any atom is 0.224 e. The molecule has 3 N–H and O–H groups in total. The molecule has 2 rings (SSSR count). The van der Waals surface area contributed by atoms with Crippen LogP contribution in [0.5, 0.6) is 0 Å². The van der Waals surface area contributed by atoms with E-state index in [2.05, 4.69) is 29.6 Å². The molecule has 0 heterocycles. The van der Waals surface area contributed by atoms with E-state index in [-0.39, 0.29) is 23.0 Å². The molecule has 2 aromatic carbocycles. The Labute approximate surface area is 180 Å². The molecule has 0 unspecified atom stereocenters. The van der Waals surface area contributed by atoms with Gasteiger partial charge in [-0.05, 0) is 42.1 Å². The standard InChI is InChI=1S/C12H17NO.C8H11N.C4H7ClO/c1-10(2)12(14)13-9-8-11-6-4-3-5-7-11;9-7-6-8-4-2-1-3-5-8;1-3(2)4(5)6/h3-7,10H,8-9H2,1-2H3,(H,13,14);1-5H,6-7,9H2;3H,1-2H3. The number of amides is 1. The number of halogens is 1. The maximum atomic E-state index is 11.2. The molecule has 0 spiro atoms. The lowest BCUT2D eigenvalue weighted by Crippen LogP contribution is -2.29. The van der Waals surface area contributed by atoms with Gasteiger partial charge in [-0.15, -0.1) is 0 Å². The Morgan fingerprint density at radius 3 is 1.59 bits per heavy atom. The van der Waals surface area contributed by atoms with Gasteiger partial charge in [-0.2, -0.15) is 0 Å². The zero-order valence-corrected chi connectivity index (χ0v) is 18.8. The molecule has 0 bridgehead atoms. The highest BCUT2D eigenvalue weighted by molar-refractivity contribution is 6.63. The monoisotopic (exact) mass is 418 g/mol. The van der Waals surface area contributed by atoms with E-state index in [4.69, 9.17) is 17.3 Å². The van der Waals surface area contributed by atoms with Crippen LogP contribution in [0.25, 0.3) is 0 Å². The molecule has 0 atom stereocenters. The summed E-state index contributed by atoms with van der Waals surface area (Å²) in [6, 6.07) is 20.4. The van der Waals surface area contributed by atoms with Gasteiger partial charge in [0.25, 0.3) is 0 Å². The first-order valence-corrected chi connectivity index (χ1v) is 10.4. The predicted octanol–water partition coefficient (Wildman–Crippen LogP) is 4.60. The van der Waals surface area contributed by atoms with Crippen molar-refractivity contribution >= 4 is 22.8 Å². The second kappa shape index (κ2) is 16.8. The summed E-state index contributed by atoms with van der Waals surface area (Å²) in [6.07, 6.45) is 1.89. The largest absolute Gasteiger partial charge is 0.356 e. The van der Waals surface area contributed by atoms with Gasteiger partial charge in [-0.3, -0.25) is 9.59 Å². The predicted molar refractivity (Wildman–Crippen MR) is 123 cm³/mol. The third-order valence-electron chi connectivity index (χ3n) is 3.81. The summed E-state index contributed by atoms with van der Waals surface area (Å²) in [7, 11) is 0. The molecule has 5 heteroatoms. The van der Waals surface area contributed by atoms with Crippen molar-refractivity contribution in [1.29, 1.82) is 0 Å². The van der Waals surface area contributed by atoms with Gasteiger partial charge >= 0.3 is 0 Å². The smallest absolute Gasteiger partial charge is 0.224 e. The summed E-state index contributed by atoms with van der Waals surface area (Å²) >= 11 is 4.97. The lowest BCUT2D eigenvalue weighted by Gasteiger charge is -2.07. The number of nitrogens with one attached hydrogen (secondary N) is 1. The Kier molecular flexibility index (Phi) is 15.5. The van der Waals surface area contributed by atoms with Crippen molar-refractivity contribution in [2.24, 2.45) is 17.6 Å². The minimum absolute atomic E-state index is 0.0216. The van der Waals surface area contributed by atoms with Gasteiger partial charge in [-0.1, -0.05) is 88.4 Å². The third kappa shape index (κ3) is 15.4. The van der Waals surface area contributed by atoms with Crippen LogP contribution in [0.3, 0.4) is 0 Å². The minimum Gasteiger partial charge on any atom is -0.356 e. The van der Waals surface area contributed by atoms with E-state index in [1.54, 1.807) is 13.8 Å². The second-order valence-corrected chi connectivity index (χ2v) is 7.54. The van der Waals surface area contributed by atoms with Gasteiger partial charge in [0.1, 0.15) is 0 Å². The molecule has 160 valence electrons. The number of hydrogen-bond donors (Lipinski definition) is 2. The van der Waals surface area contributed by atoms with E-state index in [0.29, 0.717) is 0 Å². The summed E-state index contributed by atoms with van der Waals surface area (Å²) in [5.74, 6) is 0.179. The van der Waals surface area contributed by atoms with Crippen molar-refractivity contribution in [2.45, 2.75) is 40.5 Å². The zero-order valence-electron chi connectivity index (χ0n) is 18.0. The summed E-state index contributed by atoms with van der Waals surface area (Å²) in [5.41, 5.74) is 7.94. The highest BCUT2D eigenvalue weighted by Crippen LogP contribution is 1.99. The van der Waals surface area contributed by atoms with E-state index in [0.717, 1.165) is 25.9 Å². The summed E-state index contributed by atoms with van der Waals surface area (Å²) < 4.78 is 0. The fourth-order valence-corrected chi connectivity index (χ4v) is 1.99. The van der Waals surface area contributed by atoms with Crippen LogP contribution in [0.4, 0.5) is 0 Å². The molecule has 1 amide bonds. The third-order valence-corrected chi connectivity index (χ3v) is 4.25. The Morgan fingerprint density at radius 1 is 0.828 bits per heavy atom. The Bertz CT molecular complexity index is 674. The van der Waals surface area contributed by atoms with Crippen LogP contribution in [-0.2, 0) is 22.4 Å². The van der Waals surface area contributed by atoms with E-state index < -0.39 is 0 Å². The lowest BCUT2D eigenvalue weighted by atomic mass is 10.1. The molecule has 0 saturated carbocycles.